The van der Waals surface area contributed by atoms with Crippen LogP contribution in [0.4, 0.5) is 0 Å². The maximum Gasteiger partial charge on any atom is 0.330 e. The van der Waals surface area contributed by atoms with Gasteiger partial charge >= 0.3 is 5.69 Å². The molecule has 2 saturated heterocycles. The molecule has 1 aromatic heterocycles. The number of hydrogen-bond donors (Lipinski definition) is 2. The number of phosphoric acid groups is 1. The van der Waals surface area contributed by atoms with E-state index >= 15 is 0 Å². The molecule has 2 aliphatic heterocycles. The van der Waals surface area contributed by atoms with E-state index in [1.807, 2.05) is 84.9 Å². The van der Waals surface area contributed by atoms with Crippen molar-refractivity contribution in [1.82, 2.24) is 9.55 Å². The van der Waals surface area contributed by atoms with Crippen molar-refractivity contribution in [2.45, 2.75) is 74.4 Å². The molecule has 3 aromatic carbocycles. The number of nitrogens with zero attached hydrogens (tertiary/aromatic N) is 1. The van der Waals surface area contributed by atoms with Gasteiger partial charge < -0.3 is 47.3 Å². The summed E-state index contributed by atoms with van der Waals surface area (Å²) >= 11 is 11.6. The molecule has 4 aromatic rings. The van der Waals surface area contributed by atoms with Gasteiger partial charge in [-0.1, -0.05) is 72.8 Å². The lowest BCUT2D eigenvalue weighted by Crippen LogP contribution is -3.11. The number of hydrogen-bond acceptors (Lipinski definition) is 12. The van der Waals surface area contributed by atoms with Crippen LogP contribution >= 0.6 is 31.0 Å². The third-order valence-electron chi connectivity index (χ3n) is 10.8. The molecule has 2 fully saturated rings. The number of alkyl halides is 2. The summed E-state index contributed by atoms with van der Waals surface area (Å²) in [5.74, 6) is -0.669. The summed E-state index contributed by atoms with van der Waals surface area (Å²) in [4.78, 5) is 41.5. The Hall–Kier alpha value is -3.41. The fraction of sp³-hybridized carbons (Fsp3) is 0.488. The number of H-pyrrole nitrogens is 1. The van der Waals surface area contributed by atoms with E-state index in [0.717, 1.165) is 21.8 Å². The van der Waals surface area contributed by atoms with Crippen LogP contribution in [-0.4, -0.2) is 98.8 Å². The third kappa shape index (κ3) is 12.4. The average Bonchev–Trinajstić information content (AvgIpc) is 3.59. The number of halogens is 2. The van der Waals surface area contributed by atoms with Gasteiger partial charge in [-0.15, -0.1) is 23.2 Å². The number of ether oxygens (including phenoxy) is 6. The number of benzene rings is 3. The molecule has 0 radical (unpaired) electrons. The molecule has 6 rings (SSSR count). The number of quaternary nitrogens is 1. The van der Waals surface area contributed by atoms with Crippen LogP contribution in [-0.2, 0) is 42.9 Å². The minimum atomic E-state index is -5.20. The summed E-state index contributed by atoms with van der Waals surface area (Å²) in [5.41, 5.74) is -0.594. The smallest absolute Gasteiger partial charge is 0.330 e. The van der Waals surface area contributed by atoms with Crippen LogP contribution in [0.25, 0.3) is 0 Å². The van der Waals surface area contributed by atoms with Gasteiger partial charge in [0.05, 0.1) is 53.2 Å². The first-order valence-corrected chi connectivity index (χ1v) is 22.6. The van der Waals surface area contributed by atoms with Crippen LogP contribution in [0, 0.1) is 0 Å². The fourth-order valence-corrected chi connectivity index (χ4v) is 8.70. The second-order valence-electron chi connectivity index (χ2n) is 14.4. The van der Waals surface area contributed by atoms with Crippen LogP contribution < -0.4 is 25.8 Å². The molecular formula is C43H56Cl2N3O12P. The monoisotopic (exact) mass is 907 g/mol. The fourth-order valence-electron chi connectivity index (χ4n) is 7.45. The van der Waals surface area contributed by atoms with Gasteiger partial charge in [-0.3, -0.25) is 18.9 Å². The maximum atomic E-state index is 13.4. The number of aromatic nitrogens is 2. The highest BCUT2D eigenvalue weighted by molar-refractivity contribution is 7.45. The van der Waals surface area contributed by atoms with Crippen LogP contribution in [0.2, 0.25) is 0 Å². The van der Waals surface area contributed by atoms with E-state index in [1.165, 1.54) is 32.9 Å². The maximum absolute atomic E-state index is 13.4. The Bertz CT molecular complexity index is 2040. The number of aromatic amines is 1. The molecule has 0 spiro atoms. The van der Waals surface area contributed by atoms with Crippen molar-refractivity contribution < 1.29 is 51.8 Å². The van der Waals surface area contributed by atoms with E-state index in [2.05, 4.69) is 25.8 Å². The highest BCUT2D eigenvalue weighted by atomic mass is 35.5. The SMILES string of the molecule is CC[NH+](CC)CC.COc1ccc(C(OC[C@H]2O[C@@H](n3ccc(=O)[nH]c3=O)[C@H](OC3(OC)CCOCC3)[C@@H]2OP(=O)([O-])OCC(Cl)Cl)(c2ccccc2)c2ccccc2)cc1. The van der Waals surface area contributed by atoms with E-state index in [1.54, 1.807) is 12.0 Å². The van der Waals surface area contributed by atoms with Gasteiger partial charge in [0.1, 0.15) is 34.5 Å². The molecule has 61 heavy (non-hydrogen) atoms. The van der Waals surface area contributed by atoms with Gasteiger partial charge in [0, 0.05) is 32.2 Å². The van der Waals surface area contributed by atoms with Crippen molar-refractivity contribution in [1.29, 1.82) is 0 Å². The van der Waals surface area contributed by atoms with Crippen LogP contribution in [0.1, 0.15) is 56.5 Å². The number of nitrogens with one attached hydrogen (secondary N) is 2. The molecule has 2 aliphatic rings. The van der Waals surface area contributed by atoms with Gasteiger partial charge in [0.15, 0.2) is 12.0 Å². The molecule has 0 bridgehead atoms. The van der Waals surface area contributed by atoms with Crippen LogP contribution in [0.5, 0.6) is 5.75 Å². The van der Waals surface area contributed by atoms with Crippen molar-refractivity contribution in [3.63, 3.8) is 0 Å². The summed E-state index contributed by atoms with van der Waals surface area (Å²) in [7, 11) is -2.18. The Morgan fingerprint density at radius 1 is 0.885 bits per heavy atom. The quantitative estimate of drug-likeness (QED) is 0.0581. The standard InChI is InChI=1S/C37H41Cl2N2O12P.C6H15N/c1-46-28-15-13-27(14-16-28)37(25-9-5-3-6-10-25,26-11-7-4-8-12-26)49-23-29-32(53-54(44,45)50-24-30(38)39)33(52-36(47-2)18-21-48-22-19-36)34(51-29)41-20-17-31(42)40-35(41)43;1-4-7(5-2)6-3/h3-17,20,29-30,32-34H,18-19,21-24H2,1-2H3,(H,44,45)(H,40,42,43);4-6H2,1-3H3/t29-,32-,33-,34-;/m1./s1. The largest absolute Gasteiger partial charge is 0.756 e. The first-order valence-electron chi connectivity index (χ1n) is 20.3. The van der Waals surface area contributed by atoms with Gasteiger partial charge in [0.25, 0.3) is 13.4 Å². The first kappa shape index (κ1) is 48.6. The van der Waals surface area contributed by atoms with Crippen molar-refractivity contribution in [2.24, 2.45) is 0 Å². The Labute approximate surface area is 366 Å². The average molecular weight is 909 g/mol. The van der Waals surface area contributed by atoms with Crippen LogP contribution in [0.15, 0.2) is 107 Å². The summed E-state index contributed by atoms with van der Waals surface area (Å²) in [6, 6.07) is 27.4. The molecule has 0 amide bonds. The molecule has 334 valence electrons. The number of methoxy groups -OCH3 is 2. The second-order valence-corrected chi connectivity index (χ2v) is 17.0. The molecule has 18 heteroatoms. The Morgan fingerprint density at radius 2 is 1.46 bits per heavy atom. The summed E-state index contributed by atoms with van der Waals surface area (Å²) in [6.07, 6.45) is -3.76. The van der Waals surface area contributed by atoms with Gasteiger partial charge in [-0.2, -0.15) is 0 Å². The molecule has 0 aliphatic carbocycles. The van der Waals surface area contributed by atoms with E-state index in [4.69, 9.17) is 60.7 Å². The zero-order valence-corrected chi connectivity index (χ0v) is 37.4. The summed E-state index contributed by atoms with van der Waals surface area (Å²) < 4.78 is 62.4. The second kappa shape index (κ2) is 22.8. The van der Waals surface area contributed by atoms with E-state index < -0.39 is 66.4 Å². The molecule has 3 heterocycles. The predicted molar refractivity (Wildman–Crippen MR) is 228 cm³/mol. The van der Waals surface area contributed by atoms with Gasteiger partial charge in [0.2, 0.25) is 0 Å². The predicted octanol–water partition coefficient (Wildman–Crippen LogP) is 4.59. The molecular weight excluding hydrogens is 852 g/mol. The summed E-state index contributed by atoms with van der Waals surface area (Å²) in [6.45, 7) is 10.1. The zero-order valence-electron chi connectivity index (χ0n) is 35.0. The molecule has 1 unspecified atom stereocenters. The summed E-state index contributed by atoms with van der Waals surface area (Å²) in [5, 5.41) is 0. The Balaban J connectivity index is 0.000000925. The molecule has 2 N–H and O–H groups in total. The molecule has 0 saturated carbocycles. The zero-order chi connectivity index (χ0) is 44.0. The van der Waals surface area contributed by atoms with E-state index in [0.29, 0.717) is 11.3 Å². The lowest BCUT2D eigenvalue weighted by atomic mass is 9.80. The highest BCUT2D eigenvalue weighted by Gasteiger charge is 2.54. The Kier molecular flexibility index (Phi) is 18.2. The van der Waals surface area contributed by atoms with E-state index in [9.17, 15) is 19.0 Å². The molecule has 15 nitrogen and oxygen atoms in total. The molecule has 5 atom stereocenters. The minimum Gasteiger partial charge on any atom is -0.756 e. The minimum absolute atomic E-state index is 0.259. The topological polar surface area (TPSA) is 173 Å². The van der Waals surface area contributed by atoms with Gasteiger partial charge in [-0.25, -0.2) is 4.79 Å². The number of phosphoric ester groups is 1. The van der Waals surface area contributed by atoms with E-state index in [-0.39, 0.29) is 32.7 Å². The Morgan fingerprint density at radius 3 is 1.95 bits per heavy atom. The normalized spacial score (nSPS) is 21.1. The third-order valence-corrected chi connectivity index (χ3v) is 12.0. The first-order chi connectivity index (χ1) is 29.3. The lowest BCUT2D eigenvalue weighted by Gasteiger charge is -2.41. The van der Waals surface area contributed by atoms with Gasteiger partial charge in [-0.05, 0) is 49.6 Å². The van der Waals surface area contributed by atoms with Crippen molar-refractivity contribution in [2.75, 3.05) is 60.3 Å². The highest BCUT2D eigenvalue weighted by Crippen LogP contribution is 2.49. The van der Waals surface area contributed by atoms with Crippen molar-refractivity contribution in [3.05, 3.63) is 135 Å². The number of rotatable bonds is 19. The lowest BCUT2D eigenvalue weighted by molar-refractivity contribution is -0.894. The van der Waals surface area contributed by atoms with Crippen LogP contribution in [0.3, 0.4) is 0 Å². The van der Waals surface area contributed by atoms with Crippen molar-refractivity contribution in [3.8, 4) is 5.75 Å². The van der Waals surface area contributed by atoms with Crippen molar-refractivity contribution >= 4 is 31.0 Å².